The van der Waals surface area contributed by atoms with Crippen LogP contribution in [0.25, 0.3) is 0 Å². The van der Waals surface area contributed by atoms with Crippen LogP contribution in [0.1, 0.15) is 55.6 Å². The number of halogens is 1. The van der Waals surface area contributed by atoms with E-state index in [0.717, 1.165) is 31.5 Å². The molecule has 0 N–H and O–H groups in total. The summed E-state index contributed by atoms with van der Waals surface area (Å²) < 4.78 is 29.4. The van der Waals surface area contributed by atoms with E-state index in [1.807, 2.05) is 30.3 Å². The molecule has 0 radical (unpaired) electrons. The van der Waals surface area contributed by atoms with Crippen LogP contribution in [0, 0.1) is 0 Å². The summed E-state index contributed by atoms with van der Waals surface area (Å²) in [6.07, 6.45) is 6.71. The van der Waals surface area contributed by atoms with Gasteiger partial charge in [0.05, 0.1) is 4.90 Å². The average Bonchev–Trinajstić information content (AvgIpc) is 2.93. The van der Waals surface area contributed by atoms with Gasteiger partial charge in [-0.3, -0.25) is 4.90 Å². The normalized spacial score (nSPS) is 22.1. The Kier molecular flexibility index (Phi) is 8.12. The van der Waals surface area contributed by atoms with Crippen LogP contribution in [0.15, 0.2) is 89.8 Å². The molecule has 2 atom stereocenters. The topological polar surface area (TPSA) is 40.6 Å². The Hall–Kier alpha value is -2.18. The molecule has 3 aromatic carbocycles. The fraction of sp³-hybridized carbons (Fsp3) is 0.400. The Morgan fingerprint density at radius 2 is 1.39 bits per heavy atom. The summed E-state index contributed by atoms with van der Waals surface area (Å²) >= 11 is 6.05. The van der Waals surface area contributed by atoms with Gasteiger partial charge in [0.2, 0.25) is 10.0 Å². The fourth-order valence-corrected chi connectivity index (χ4v) is 7.86. The Morgan fingerprint density at radius 1 is 0.778 bits per heavy atom. The molecule has 1 saturated carbocycles. The molecule has 0 spiro atoms. The summed E-state index contributed by atoms with van der Waals surface area (Å²) in [6, 6.07) is 27.9. The number of nitrogens with zero attached hydrogens (tertiary/aromatic N) is 2. The minimum atomic E-state index is -3.66. The van der Waals surface area contributed by atoms with Crippen molar-refractivity contribution < 1.29 is 8.42 Å². The number of rotatable bonds is 7. The van der Waals surface area contributed by atoms with Gasteiger partial charge < -0.3 is 0 Å². The zero-order valence-corrected chi connectivity index (χ0v) is 22.2. The van der Waals surface area contributed by atoms with Gasteiger partial charge in [0, 0.05) is 23.7 Å². The second-order valence-electron chi connectivity index (χ2n) is 10.1. The molecule has 4 nitrogen and oxygen atoms in total. The van der Waals surface area contributed by atoms with E-state index in [9.17, 15) is 8.42 Å². The molecule has 2 aliphatic rings. The number of sulfonamides is 1. The van der Waals surface area contributed by atoms with Crippen LogP contribution in [-0.4, -0.2) is 42.8 Å². The number of hydrogen-bond acceptors (Lipinski definition) is 3. The van der Waals surface area contributed by atoms with Crippen molar-refractivity contribution in [1.82, 2.24) is 9.21 Å². The molecule has 1 aliphatic heterocycles. The van der Waals surface area contributed by atoms with Gasteiger partial charge in [-0.1, -0.05) is 85.1 Å². The molecule has 1 aliphatic carbocycles. The van der Waals surface area contributed by atoms with Crippen molar-refractivity contribution in [2.45, 2.75) is 68.0 Å². The van der Waals surface area contributed by atoms with Crippen molar-refractivity contribution in [1.29, 1.82) is 0 Å². The average molecular weight is 523 g/mol. The first kappa shape index (κ1) is 25.5. The standard InChI is InChI=1S/C30H35ClN2O2S/c31-26-15-17-28(18-16-26)36(34,35)33(23-24-9-3-1-4-10-24)27-19-21-32(22-20-27)30-14-8-7-13-29(30)25-11-5-2-6-12-25/h1-6,9-12,15-18,27,29-30H,7-8,13-14,19-23H2/t29-,30-/m1/s1. The van der Waals surface area contributed by atoms with Gasteiger partial charge in [-0.05, 0) is 80.1 Å². The summed E-state index contributed by atoms with van der Waals surface area (Å²) in [5.74, 6) is 0.565. The SMILES string of the molecule is O=S(=O)(c1ccc(Cl)cc1)N(Cc1ccccc1)C1CCN([C@@H]2CCCC[C@@H]2c2ccccc2)CC1. The predicted octanol–water partition coefficient (Wildman–Crippen LogP) is 6.72. The van der Waals surface area contributed by atoms with E-state index in [2.05, 4.69) is 35.2 Å². The third kappa shape index (κ3) is 5.70. The summed E-state index contributed by atoms with van der Waals surface area (Å²) in [5.41, 5.74) is 2.45. The number of hydrogen-bond donors (Lipinski definition) is 0. The van der Waals surface area contributed by atoms with Crippen molar-refractivity contribution in [3.63, 3.8) is 0 Å². The van der Waals surface area contributed by atoms with Gasteiger partial charge in [0.25, 0.3) is 0 Å². The second kappa shape index (κ2) is 11.5. The Morgan fingerprint density at radius 3 is 2.06 bits per heavy atom. The molecule has 3 aromatic rings. The van der Waals surface area contributed by atoms with E-state index >= 15 is 0 Å². The van der Waals surface area contributed by atoms with Gasteiger partial charge in [-0.2, -0.15) is 4.31 Å². The molecule has 6 heteroatoms. The Bertz CT molecular complexity index is 1210. The van der Waals surface area contributed by atoms with Crippen LogP contribution < -0.4 is 0 Å². The van der Waals surface area contributed by atoms with Crippen LogP contribution in [0.2, 0.25) is 5.02 Å². The van der Waals surface area contributed by atoms with Crippen molar-refractivity contribution in [3.05, 3.63) is 101 Å². The lowest BCUT2D eigenvalue weighted by Gasteiger charge is -2.45. The van der Waals surface area contributed by atoms with Gasteiger partial charge in [-0.15, -0.1) is 0 Å². The highest BCUT2D eigenvalue weighted by molar-refractivity contribution is 7.89. The van der Waals surface area contributed by atoms with E-state index in [0.29, 0.717) is 28.4 Å². The van der Waals surface area contributed by atoms with Crippen LogP contribution >= 0.6 is 11.6 Å². The molecular formula is C30H35ClN2O2S. The highest BCUT2D eigenvalue weighted by Gasteiger charge is 2.37. The highest BCUT2D eigenvalue weighted by atomic mass is 35.5. The molecule has 36 heavy (non-hydrogen) atoms. The van der Waals surface area contributed by atoms with Crippen LogP contribution in [0.5, 0.6) is 0 Å². The highest BCUT2D eigenvalue weighted by Crippen LogP contribution is 2.38. The summed E-state index contributed by atoms with van der Waals surface area (Å²) in [6.45, 7) is 2.24. The zero-order chi connectivity index (χ0) is 25.0. The van der Waals surface area contributed by atoms with E-state index in [1.165, 1.54) is 31.2 Å². The van der Waals surface area contributed by atoms with E-state index in [1.54, 1.807) is 28.6 Å². The first-order valence-corrected chi connectivity index (χ1v) is 14.9. The van der Waals surface area contributed by atoms with Crippen LogP contribution in [-0.2, 0) is 16.6 Å². The largest absolute Gasteiger partial charge is 0.300 e. The lowest BCUT2D eigenvalue weighted by atomic mass is 9.78. The maximum atomic E-state index is 13.8. The van der Waals surface area contributed by atoms with Crippen LogP contribution in [0.4, 0.5) is 0 Å². The lowest BCUT2D eigenvalue weighted by Crippen LogP contribution is -2.51. The molecule has 0 unspecified atom stereocenters. The first-order chi connectivity index (χ1) is 17.5. The summed E-state index contributed by atoms with van der Waals surface area (Å²) in [5, 5.41) is 0.539. The zero-order valence-electron chi connectivity index (χ0n) is 20.7. The van der Waals surface area contributed by atoms with E-state index in [4.69, 9.17) is 11.6 Å². The maximum absolute atomic E-state index is 13.8. The molecule has 190 valence electrons. The number of likely N-dealkylation sites (tertiary alicyclic amines) is 1. The molecule has 1 saturated heterocycles. The number of piperidine rings is 1. The van der Waals surface area contributed by atoms with Crippen molar-refractivity contribution in [2.75, 3.05) is 13.1 Å². The quantitative estimate of drug-likeness (QED) is 0.346. The fourth-order valence-electron chi connectivity index (χ4n) is 6.06. The third-order valence-electron chi connectivity index (χ3n) is 7.93. The van der Waals surface area contributed by atoms with Crippen molar-refractivity contribution >= 4 is 21.6 Å². The molecule has 1 heterocycles. The minimum absolute atomic E-state index is 0.0269. The maximum Gasteiger partial charge on any atom is 0.243 e. The monoisotopic (exact) mass is 522 g/mol. The third-order valence-corrected chi connectivity index (χ3v) is 10.1. The molecular weight excluding hydrogens is 488 g/mol. The van der Waals surface area contributed by atoms with Gasteiger partial charge >= 0.3 is 0 Å². The van der Waals surface area contributed by atoms with E-state index < -0.39 is 10.0 Å². The number of benzene rings is 3. The van der Waals surface area contributed by atoms with Crippen LogP contribution in [0.3, 0.4) is 0 Å². The predicted molar refractivity (Wildman–Crippen MR) is 147 cm³/mol. The first-order valence-electron chi connectivity index (χ1n) is 13.1. The van der Waals surface area contributed by atoms with Crippen molar-refractivity contribution in [3.8, 4) is 0 Å². The molecule has 0 amide bonds. The Labute approximate surface area is 220 Å². The second-order valence-corrected chi connectivity index (χ2v) is 12.5. The summed E-state index contributed by atoms with van der Waals surface area (Å²) in [4.78, 5) is 2.95. The molecule has 2 fully saturated rings. The van der Waals surface area contributed by atoms with Gasteiger partial charge in [0.15, 0.2) is 0 Å². The van der Waals surface area contributed by atoms with Gasteiger partial charge in [0.1, 0.15) is 0 Å². The van der Waals surface area contributed by atoms with Gasteiger partial charge in [-0.25, -0.2) is 8.42 Å². The molecule has 0 bridgehead atoms. The lowest BCUT2D eigenvalue weighted by molar-refractivity contribution is 0.0834. The molecule has 0 aromatic heterocycles. The summed E-state index contributed by atoms with van der Waals surface area (Å²) in [7, 11) is -3.66. The smallest absolute Gasteiger partial charge is 0.243 e. The van der Waals surface area contributed by atoms with E-state index in [-0.39, 0.29) is 6.04 Å². The Balaban J connectivity index is 1.35. The van der Waals surface area contributed by atoms with Crippen molar-refractivity contribution in [2.24, 2.45) is 0 Å². The molecule has 5 rings (SSSR count). The minimum Gasteiger partial charge on any atom is -0.300 e.